The molecule has 1 fully saturated rings. The van der Waals surface area contributed by atoms with Gasteiger partial charge in [-0.15, -0.1) is 0 Å². The zero-order chi connectivity index (χ0) is 13.0. The Balaban J connectivity index is 2.13. The molecule has 0 spiro atoms. The van der Waals surface area contributed by atoms with Gasteiger partial charge in [0, 0.05) is 32.7 Å². The van der Waals surface area contributed by atoms with E-state index in [1.165, 1.54) is 0 Å². The molecule has 0 bridgehead atoms. The molecule has 4 heteroatoms. The van der Waals surface area contributed by atoms with Gasteiger partial charge in [-0.1, -0.05) is 24.3 Å². The summed E-state index contributed by atoms with van der Waals surface area (Å²) in [5.74, 6) is -1.16. The molecular formula is C14H20N2O2. The molecule has 18 heavy (non-hydrogen) atoms. The Kier molecular flexibility index (Phi) is 4.33. The Morgan fingerprint density at radius 2 is 2.06 bits per heavy atom. The molecule has 1 aromatic rings. The van der Waals surface area contributed by atoms with Gasteiger partial charge in [-0.3, -0.25) is 9.69 Å². The number of hydrogen-bond donors (Lipinski definition) is 2. The zero-order valence-electron chi connectivity index (χ0n) is 10.7. The van der Waals surface area contributed by atoms with Crippen LogP contribution in [0.5, 0.6) is 0 Å². The number of carboxylic acid groups (broad SMARTS) is 1. The fourth-order valence-corrected chi connectivity index (χ4v) is 2.44. The molecule has 2 rings (SSSR count). The Labute approximate surface area is 108 Å². The number of carbonyl (C=O) groups is 1. The average Bonchev–Trinajstić information content (AvgIpc) is 2.38. The van der Waals surface area contributed by atoms with Crippen molar-refractivity contribution in [3.63, 3.8) is 0 Å². The molecule has 0 amide bonds. The van der Waals surface area contributed by atoms with Gasteiger partial charge in [-0.2, -0.15) is 0 Å². The minimum absolute atomic E-state index is 0.427. The van der Waals surface area contributed by atoms with Gasteiger partial charge < -0.3 is 10.4 Å². The van der Waals surface area contributed by atoms with Crippen molar-refractivity contribution in [2.75, 3.05) is 32.7 Å². The van der Waals surface area contributed by atoms with E-state index in [-0.39, 0.29) is 0 Å². The molecule has 1 aliphatic rings. The van der Waals surface area contributed by atoms with Crippen molar-refractivity contribution in [3.8, 4) is 0 Å². The zero-order valence-corrected chi connectivity index (χ0v) is 10.7. The Morgan fingerprint density at radius 1 is 1.39 bits per heavy atom. The first kappa shape index (κ1) is 13.1. The molecule has 0 radical (unpaired) electrons. The average molecular weight is 248 g/mol. The molecule has 1 aliphatic heterocycles. The van der Waals surface area contributed by atoms with Crippen molar-refractivity contribution in [2.45, 2.75) is 12.8 Å². The number of benzene rings is 1. The van der Waals surface area contributed by atoms with Crippen molar-refractivity contribution < 1.29 is 9.90 Å². The van der Waals surface area contributed by atoms with Crippen LogP contribution in [0.1, 0.15) is 17.0 Å². The highest BCUT2D eigenvalue weighted by molar-refractivity contribution is 5.77. The van der Waals surface area contributed by atoms with Crippen LogP contribution in [-0.2, 0) is 4.79 Å². The maximum absolute atomic E-state index is 11.5. The van der Waals surface area contributed by atoms with Gasteiger partial charge in [0.25, 0.3) is 0 Å². The van der Waals surface area contributed by atoms with Gasteiger partial charge in [0.05, 0.1) is 5.92 Å². The van der Waals surface area contributed by atoms with E-state index in [4.69, 9.17) is 0 Å². The summed E-state index contributed by atoms with van der Waals surface area (Å²) in [5, 5.41) is 12.7. The van der Waals surface area contributed by atoms with Crippen molar-refractivity contribution in [1.29, 1.82) is 0 Å². The number of nitrogens with zero attached hydrogens (tertiary/aromatic N) is 1. The lowest BCUT2D eigenvalue weighted by molar-refractivity contribution is -0.139. The van der Waals surface area contributed by atoms with E-state index in [0.717, 1.165) is 37.3 Å². The molecule has 0 saturated carbocycles. The van der Waals surface area contributed by atoms with Crippen molar-refractivity contribution in [1.82, 2.24) is 10.2 Å². The number of nitrogens with one attached hydrogen (secondary N) is 1. The fraction of sp³-hybridized carbons (Fsp3) is 0.500. The van der Waals surface area contributed by atoms with Crippen LogP contribution in [0.3, 0.4) is 0 Å². The molecule has 1 heterocycles. The van der Waals surface area contributed by atoms with Crippen LogP contribution in [0, 0.1) is 6.92 Å². The van der Waals surface area contributed by atoms with Crippen LogP contribution in [-0.4, -0.2) is 48.7 Å². The monoisotopic (exact) mass is 248 g/mol. The smallest absolute Gasteiger partial charge is 0.312 e. The van der Waals surface area contributed by atoms with Gasteiger partial charge in [0.2, 0.25) is 0 Å². The van der Waals surface area contributed by atoms with Crippen LogP contribution in [0.15, 0.2) is 24.3 Å². The van der Waals surface area contributed by atoms with Crippen molar-refractivity contribution >= 4 is 5.97 Å². The molecular weight excluding hydrogens is 228 g/mol. The third kappa shape index (κ3) is 3.09. The summed E-state index contributed by atoms with van der Waals surface area (Å²) < 4.78 is 0. The first-order valence-electron chi connectivity index (χ1n) is 6.40. The lowest BCUT2D eigenvalue weighted by atomic mass is 9.94. The predicted octanol–water partition coefficient (Wildman–Crippen LogP) is 1.07. The number of rotatable bonds is 4. The number of piperazine rings is 1. The van der Waals surface area contributed by atoms with Crippen molar-refractivity contribution in [3.05, 3.63) is 35.4 Å². The van der Waals surface area contributed by atoms with Gasteiger partial charge >= 0.3 is 5.97 Å². The lowest BCUT2D eigenvalue weighted by Gasteiger charge is -2.30. The molecule has 1 saturated heterocycles. The second-order valence-corrected chi connectivity index (χ2v) is 4.80. The summed E-state index contributed by atoms with van der Waals surface area (Å²) >= 11 is 0. The summed E-state index contributed by atoms with van der Waals surface area (Å²) in [6.07, 6.45) is 0. The molecule has 1 unspecified atom stereocenters. The Morgan fingerprint density at radius 3 is 2.67 bits per heavy atom. The summed E-state index contributed by atoms with van der Waals surface area (Å²) in [5.41, 5.74) is 1.99. The highest BCUT2D eigenvalue weighted by Crippen LogP contribution is 2.21. The summed E-state index contributed by atoms with van der Waals surface area (Å²) in [6, 6.07) is 7.76. The Hall–Kier alpha value is -1.39. The van der Waals surface area contributed by atoms with E-state index in [9.17, 15) is 9.90 Å². The molecule has 1 aromatic carbocycles. The third-order valence-corrected chi connectivity index (χ3v) is 3.51. The van der Waals surface area contributed by atoms with Gasteiger partial charge in [-0.25, -0.2) is 0 Å². The first-order chi connectivity index (χ1) is 8.68. The summed E-state index contributed by atoms with van der Waals surface area (Å²) in [4.78, 5) is 13.7. The normalized spacial score (nSPS) is 18.5. The maximum atomic E-state index is 11.5. The van der Waals surface area contributed by atoms with E-state index in [1.807, 2.05) is 31.2 Å². The maximum Gasteiger partial charge on any atom is 0.312 e. The van der Waals surface area contributed by atoms with Crippen LogP contribution >= 0.6 is 0 Å². The van der Waals surface area contributed by atoms with Gasteiger partial charge in [0.15, 0.2) is 0 Å². The highest BCUT2D eigenvalue weighted by Gasteiger charge is 2.24. The molecule has 0 aromatic heterocycles. The van der Waals surface area contributed by atoms with Crippen LogP contribution in [0.25, 0.3) is 0 Å². The standard InChI is InChI=1S/C14H20N2O2/c1-11-4-2-3-5-12(11)13(14(17)18)10-16-8-6-15-7-9-16/h2-5,13,15H,6-10H2,1H3,(H,17,18). The SMILES string of the molecule is Cc1ccccc1C(CN1CCNCC1)C(=O)O. The second kappa shape index (κ2) is 5.98. The molecule has 0 aliphatic carbocycles. The van der Waals surface area contributed by atoms with Crippen LogP contribution < -0.4 is 5.32 Å². The van der Waals surface area contributed by atoms with E-state index in [1.54, 1.807) is 0 Å². The van der Waals surface area contributed by atoms with E-state index in [2.05, 4.69) is 10.2 Å². The molecule has 98 valence electrons. The minimum atomic E-state index is -0.733. The number of aryl methyl sites for hydroxylation is 1. The van der Waals surface area contributed by atoms with Gasteiger partial charge in [0.1, 0.15) is 0 Å². The molecule has 2 N–H and O–H groups in total. The predicted molar refractivity (Wildman–Crippen MR) is 70.9 cm³/mol. The molecule has 1 atom stereocenters. The largest absolute Gasteiger partial charge is 0.481 e. The minimum Gasteiger partial charge on any atom is -0.481 e. The number of carboxylic acids is 1. The fourth-order valence-electron chi connectivity index (χ4n) is 2.44. The number of aliphatic carboxylic acids is 1. The van der Waals surface area contributed by atoms with Crippen LogP contribution in [0.2, 0.25) is 0 Å². The quantitative estimate of drug-likeness (QED) is 0.837. The van der Waals surface area contributed by atoms with E-state index >= 15 is 0 Å². The van der Waals surface area contributed by atoms with Gasteiger partial charge in [-0.05, 0) is 18.1 Å². The first-order valence-corrected chi connectivity index (χ1v) is 6.40. The lowest BCUT2D eigenvalue weighted by Crippen LogP contribution is -2.45. The number of hydrogen-bond acceptors (Lipinski definition) is 3. The van der Waals surface area contributed by atoms with E-state index < -0.39 is 11.9 Å². The topological polar surface area (TPSA) is 52.6 Å². The highest BCUT2D eigenvalue weighted by atomic mass is 16.4. The summed E-state index contributed by atoms with van der Waals surface area (Å²) in [6.45, 7) is 6.32. The Bertz CT molecular complexity index is 414. The second-order valence-electron chi connectivity index (χ2n) is 4.80. The van der Waals surface area contributed by atoms with Crippen molar-refractivity contribution in [2.24, 2.45) is 0 Å². The third-order valence-electron chi connectivity index (χ3n) is 3.51. The molecule has 4 nitrogen and oxygen atoms in total. The summed E-state index contributed by atoms with van der Waals surface area (Å²) in [7, 11) is 0. The van der Waals surface area contributed by atoms with E-state index in [0.29, 0.717) is 6.54 Å². The van der Waals surface area contributed by atoms with Crippen LogP contribution in [0.4, 0.5) is 0 Å².